The van der Waals surface area contributed by atoms with Crippen molar-refractivity contribution in [2.75, 3.05) is 13.1 Å². The number of hydrogen-bond donors (Lipinski definition) is 1. The molecule has 0 fully saturated rings. The van der Waals surface area contributed by atoms with Gasteiger partial charge >= 0.3 is 0 Å². The van der Waals surface area contributed by atoms with Crippen LogP contribution in [0.5, 0.6) is 5.75 Å². The highest BCUT2D eigenvalue weighted by atomic mass is 16.5. The number of aryl methyl sites for hydroxylation is 1. The Morgan fingerprint density at radius 2 is 2.21 bits per heavy atom. The van der Waals surface area contributed by atoms with Gasteiger partial charge in [0, 0.05) is 24.2 Å². The summed E-state index contributed by atoms with van der Waals surface area (Å²) < 4.78 is 5.97. The molecule has 100 valence electrons. The third kappa shape index (κ3) is 3.55. The van der Waals surface area contributed by atoms with E-state index in [4.69, 9.17) is 4.74 Å². The average molecular weight is 256 g/mol. The van der Waals surface area contributed by atoms with E-state index in [0.717, 1.165) is 35.4 Å². The molecular weight excluding hydrogens is 236 g/mol. The Morgan fingerprint density at radius 1 is 1.37 bits per heavy atom. The molecule has 0 aliphatic carbocycles. The Bertz CT molecular complexity index is 566. The summed E-state index contributed by atoms with van der Waals surface area (Å²) in [5.74, 6) is 0.842. The molecule has 1 aromatic heterocycles. The van der Waals surface area contributed by atoms with E-state index in [9.17, 15) is 0 Å². The van der Waals surface area contributed by atoms with Crippen LogP contribution in [0.3, 0.4) is 0 Å². The first-order valence-electron chi connectivity index (χ1n) is 6.55. The summed E-state index contributed by atoms with van der Waals surface area (Å²) >= 11 is 0. The highest BCUT2D eigenvalue weighted by molar-refractivity contribution is 5.84. The Morgan fingerprint density at radius 3 is 3.00 bits per heavy atom. The number of benzene rings is 1. The molecule has 0 amide bonds. The molecule has 3 nitrogen and oxygen atoms in total. The van der Waals surface area contributed by atoms with Gasteiger partial charge in [0.15, 0.2) is 0 Å². The molecule has 0 saturated carbocycles. The van der Waals surface area contributed by atoms with Crippen molar-refractivity contribution in [3.05, 3.63) is 48.7 Å². The van der Waals surface area contributed by atoms with Crippen molar-refractivity contribution in [1.82, 2.24) is 10.3 Å². The van der Waals surface area contributed by atoms with Crippen LogP contribution in [0.25, 0.3) is 10.9 Å². The maximum Gasteiger partial charge on any atom is 0.146 e. The second-order valence-corrected chi connectivity index (χ2v) is 4.66. The number of fused-ring (bicyclic) bond motifs is 1. The zero-order valence-corrected chi connectivity index (χ0v) is 11.5. The van der Waals surface area contributed by atoms with E-state index in [1.54, 1.807) is 0 Å². The Labute approximate surface area is 114 Å². The van der Waals surface area contributed by atoms with Crippen molar-refractivity contribution in [2.45, 2.75) is 20.0 Å². The van der Waals surface area contributed by atoms with Gasteiger partial charge in [0.05, 0.1) is 0 Å². The molecule has 1 atom stereocenters. The largest absolute Gasteiger partial charge is 0.487 e. The summed E-state index contributed by atoms with van der Waals surface area (Å²) in [5, 5.41) is 4.36. The van der Waals surface area contributed by atoms with Gasteiger partial charge in [0.2, 0.25) is 0 Å². The Hall–Kier alpha value is -1.87. The minimum absolute atomic E-state index is 0.0906. The molecule has 0 aliphatic rings. The lowest BCUT2D eigenvalue weighted by atomic mass is 10.2. The van der Waals surface area contributed by atoms with Crippen LogP contribution < -0.4 is 10.1 Å². The fourth-order valence-electron chi connectivity index (χ4n) is 1.96. The molecule has 0 aliphatic heterocycles. The SMILES string of the molecule is C=CCNCC(C)Oc1cccc2ccc(C)nc12. The van der Waals surface area contributed by atoms with Crippen molar-refractivity contribution in [1.29, 1.82) is 0 Å². The summed E-state index contributed by atoms with van der Waals surface area (Å²) in [4.78, 5) is 4.56. The maximum atomic E-state index is 5.97. The molecule has 0 radical (unpaired) electrons. The summed E-state index contributed by atoms with van der Waals surface area (Å²) in [6.45, 7) is 9.29. The number of para-hydroxylation sites is 1. The summed E-state index contributed by atoms with van der Waals surface area (Å²) in [5.41, 5.74) is 1.93. The maximum absolute atomic E-state index is 5.97. The van der Waals surface area contributed by atoms with Crippen LogP contribution in [0.1, 0.15) is 12.6 Å². The summed E-state index contributed by atoms with van der Waals surface area (Å²) in [7, 11) is 0. The van der Waals surface area contributed by atoms with Crippen molar-refractivity contribution in [3.63, 3.8) is 0 Å². The minimum atomic E-state index is 0.0906. The number of aromatic nitrogens is 1. The quantitative estimate of drug-likeness (QED) is 0.637. The van der Waals surface area contributed by atoms with Crippen LogP contribution in [0, 0.1) is 6.92 Å². The van der Waals surface area contributed by atoms with Gasteiger partial charge in [-0.25, -0.2) is 4.98 Å². The molecule has 0 bridgehead atoms. The number of nitrogens with zero attached hydrogens (tertiary/aromatic N) is 1. The minimum Gasteiger partial charge on any atom is -0.487 e. The van der Waals surface area contributed by atoms with Crippen LogP contribution >= 0.6 is 0 Å². The van der Waals surface area contributed by atoms with Gasteiger partial charge in [0.25, 0.3) is 0 Å². The van der Waals surface area contributed by atoms with Gasteiger partial charge in [-0.2, -0.15) is 0 Å². The fourth-order valence-corrected chi connectivity index (χ4v) is 1.96. The molecule has 19 heavy (non-hydrogen) atoms. The molecule has 0 saturated heterocycles. The van der Waals surface area contributed by atoms with Gasteiger partial charge in [-0.3, -0.25) is 0 Å². The standard InChI is InChI=1S/C16H20N2O/c1-4-10-17-11-13(3)19-15-7-5-6-14-9-8-12(2)18-16(14)15/h4-9,13,17H,1,10-11H2,2-3H3. The molecule has 1 aromatic carbocycles. The predicted molar refractivity (Wildman–Crippen MR) is 79.6 cm³/mol. The third-order valence-electron chi connectivity index (χ3n) is 2.87. The predicted octanol–water partition coefficient (Wildman–Crippen LogP) is 3.09. The van der Waals surface area contributed by atoms with Gasteiger partial charge in [-0.05, 0) is 26.0 Å². The number of hydrogen-bond acceptors (Lipinski definition) is 3. The second-order valence-electron chi connectivity index (χ2n) is 4.66. The van der Waals surface area contributed by atoms with E-state index in [2.05, 4.69) is 29.0 Å². The monoisotopic (exact) mass is 256 g/mol. The summed E-state index contributed by atoms with van der Waals surface area (Å²) in [6.07, 6.45) is 1.93. The fraction of sp³-hybridized carbons (Fsp3) is 0.312. The summed E-state index contributed by atoms with van der Waals surface area (Å²) in [6, 6.07) is 10.1. The smallest absolute Gasteiger partial charge is 0.146 e. The average Bonchev–Trinajstić information content (AvgIpc) is 2.40. The van der Waals surface area contributed by atoms with Crippen LogP contribution in [0.2, 0.25) is 0 Å². The number of rotatable bonds is 6. The highest BCUT2D eigenvalue weighted by Gasteiger charge is 2.08. The van der Waals surface area contributed by atoms with Crippen molar-refractivity contribution >= 4 is 10.9 Å². The van der Waals surface area contributed by atoms with E-state index < -0.39 is 0 Å². The molecule has 1 unspecified atom stereocenters. The van der Waals surface area contributed by atoms with Gasteiger partial charge in [-0.1, -0.05) is 24.3 Å². The first-order valence-corrected chi connectivity index (χ1v) is 6.55. The van der Waals surface area contributed by atoms with Gasteiger partial charge in [0.1, 0.15) is 17.4 Å². The van der Waals surface area contributed by atoms with Crippen molar-refractivity contribution < 1.29 is 4.74 Å². The zero-order valence-electron chi connectivity index (χ0n) is 11.5. The number of ether oxygens (including phenoxy) is 1. The molecular formula is C16H20N2O. The van der Waals surface area contributed by atoms with Crippen LogP contribution in [0.15, 0.2) is 43.0 Å². The molecule has 1 heterocycles. The van der Waals surface area contributed by atoms with E-state index >= 15 is 0 Å². The first-order chi connectivity index (χ1) is 9.20. The Kier molecular flexibility index (Phi) is 4.53. The molecule has 3 heteroatoms. The van der Waals surface area contributed by atoms with E-state index in [1.165, 1.54) is 0 Å². The lowest BCUT2D eigenvalue weighted by Gasteiger charge is -2.16. The number of nitrogens with one attached hydrogen (secondary N) is 1. The lowest BCUT2D eigenvalue weighted by molar-refractivity contribution is 0.221. The van der Waals surface area contributed by atoms with Crippen LogP contribution in [0.4, 0.5) is 0 Å². The van der Waals surface area contributed by atoms with E-state index in [-0.39, 0.29) is 6.10 Å². The van der Waals surface area contributed by atoms with Crippen LogP contribution in [-0.2, 0) is 0 Å². The molecule has 1 N–H and O–H groups in total. The first kappa shape index (κ1) is 13.6. The van der Waals surface area contributed by atoms with Crippen LogP contribution in [-0.4, -0.2) is 24.2 Å². The molecule has 2 aromatic rings. The highest BCUT2D eigenvalue weighted by Crippen LogP contribution is 2.24. The number of pyridine rings is 1. The third-order valence-corrected chi connectivity index (χ3v) is 2.87. The van der Waals surface area contributed by atoms with E-state index in [1.807, 2.05) is 38.1 Å². The van der Waals surface area contributed by atoms with Gasteiger partial charge in [-0.15, -0.1) is 6.58 Å². The molecule has 0 spiro atoms. The van der Waals surface area contributed by atoms with Crippen molar-refractivity contribution in [2.24, 2.45) is 0 Å². The van der Waals surface area contributed by atoms with Gasteiger partial charge < -0.3 is 10.1 Å². The van der Waals surface area contributed by atoms with Crippen molar-refractivity contribution in [3.8, 4) is 5.75 Å². The lowest BCUT2D eigenvalue weighted by Crippen LogP contribution is -2.29. The zero-order chi connectivity index (χ0) is 13.7. The second kappa shape index (κ2) is 6.34. The Balaban J connectivity index is 2.15. The normalized spacial score (nSPS) is 12.3. The topological polar surface area (TPSA) is 34.1 Å². The van der Waals surface area contributed by atoms with E-state index in [0.29, 0.717) is 0 Å². The molecule has 2 rings (SSSR count).